The Labute approximate surface area is 84.0 Å². The molecule has 1 nitrogen and oxygen atoms in total. The molecule has 0 aliphatic carbocycles. The lowest BCUT2D eigenvalue weighted by atomic mass is 10.2. The van der Waals surface area contributed by atoms with Gasteiger partial charge in [0.15, 0.2) is 0 Å². The van der Waals surface area contributed by atoms with E-state index in [1.807, 2.05) is 42.5 Å². The van der Waals surface area contributed by atoms with E-state index in [4.69, 9.17) is 4.74 Å². The normalized spacial score (nSPS) is 9.71. The summed E-state index contributed by atoms with van der Waals surface area (Å²) in [5.74, 6) is 0.757. The molecule has 0 saturated heterocycles. The largest absolute Gasteiger partial charge is 0.488 e. The lowest BCUT2D eigenvalue weighted by Crippen LogP contribution is -1.94. The molecule has 0 fully saturated rings. The fourth-order valence-corrected chi connectivity index (χ4v) is 1.16. The standard InChI is InChI=1S/C13H10O/c1-3-7-12(8-4-1)11-14-13-9-5-2-6-10-13/h1,3-9H,11H2. The molecule has 0 heterocycles. The quantitative estimate of drug-likeness (QED) is 0.709. The van der Waals surface area contributed by atoms with Crippen LogP contribution in [0.15, 0.2) is 48.5 Å². The Morgan fingerprint density at radius 3 is 2.64 bits per heavy atom. The number of hydrogen-bond donors (Lipinski definition) is 0. The molecule has 0 spiro atoms. The minimum Gasteiger partial charge on any atom is -0.488 e. The van der Waals surface area contributed by atoms with E-state index in [0.29, 0.717) is 6.61 Å². The molecule has 0 aromatic heterocycles. The third-order valence-corrected chi connectivity index (χ3v) is 1.87. The first-order valence-corrected chi connectivity index (χ1v) is 4.50. The van der Waals surface area contributed by atoms with Crippen LogP contribution in [0.1, 0.15) is 5.56 Å². The molecule has 0 bridgehead atoms. The third kappa shape index (κ3) is 2.36. The van der Waals surface area contributed by atoms with E-state index in [9.17, 15) is 0 Å². The van der Waals surface area contributed by atoms with E-state index >= 15 is 0 Å². The van der Waals surface area contributed by atoms with Crippen molar-refractivity contribution in [3.63, 3.8) is 0 Å². The van der Waals surface area contributed by atoms with Gasteiger partial charge in [0, 0.05) is 6.07 Å². The van der Waals surface area contributed by atoms with Gasteiger partial charge in [-0.3, -0.25) is 0 Å². The Morgan fingerprint density at radius 1 is 1.07 bits per heavy atom. The molecule has 0 unspecified atom stereocenters. The van der Waals surface area contributed by atoms with E-state index in [-0.39, 0.29) is 0 Å². The maximum atomic E-state index is 5.52. The van der Waals surface area contributed by atoms with Crippen LogP contribution in [-0.4, -0.2) is 0 Å². The first-order chi connectivity index (χ1) is 6.95. The lowest BCUT2D eigenvalue weighted by Gasteiger charge is -2.04. The summed E-state index contributed by atoms with van der Waals surface area (Å²) >= 11 is 0. The molecule has 2 aromatic rings. The van der Waals surface area contributed by atoms with Gasteiger partial charge < -0.3 is 4.74 Å². The molecular weight excluding hydrogens is 172 g/mol. The predicted octanol–water partition coefficient (Wildman–Crippen LogP) is 2.87. The van der Waals surface area contributed by atoms with E-state index in [1.54, 1.807) is 6.07 Å². The Kier molecular flexibility index (Phi) is 2.82. The third-order valence-electron chi connectivity index (χ3n) is 1.87. The van der Waals surface area contributed by atoms with Crippen LogP contribution < -0.4 is 4.74 Å². The monoisotopic (exact) mass is 182 g/mol. The zero-order valence-electron chi connectivity index (χ0n) is 7.73. The van der Waals surface area contributed by atoms with Gasteiger partial charge in [-0.05, 0) is 23.8 Å². The molecule has 1 heteroatoms. The molecule has 0 saturated carbocycles. The summed E-state index contributed by atoms with van der Waals surface area (Å²) in [4.78, 5) is 0. The smallest absolute Gasteiger partial charge is 0.127 e. The van der Waals surface area contributed by atoms with Crippen LogP contribution in [0.5, 0.6) is 5.75 Å². The van der Waals surface area contributed by atoms with Crippen molar-refractivity contribution in [2.45, 2.75) is 6.61 Å². The van der Waals surface area contributed by atoms with Gasteiger partial charge >= 0.3 is 0 Å². The Morgan fingerprint density at radius 2 is 1.93 bits per heavy atom. The van der Waals surface area contributed by atoms with Gasteiger partial charge in [-0.25, -0.2) is 0 Å². The first kappa shape index (κ1) is 8.82. The van der Waals surface area contributed by atoms with Crippen LogP contribution in [0.25, 0.3) is 0 Å². The number of benzene rings is 2. The van der Waals surface area contributed by atoms with Gasteiger partial charge in [-0.1, -0.05) is 36.4 Å². The van der Waals surface area contributed by atoms with Crippen LogP contribution >= 0.6 is 0 Å². The number of ether oxygens (including phenoxy) is 1. The molecule has 0 aliphatic heterocycles. The zero-order chi connectivity index (χ0) is 9.64. The highest BCUT2D eigenvalue weighted by Gasteiger charge is 1.93. The molecule has 68 valence electrons. The second kappa shape index (κ2) is 4.47. The fraction of sp³-hybridized carbons (Fsp3) is 0.0769. The summed E-state index contributed by atoms with van der Waals surface area (Å²) < 4.78 is 5.52. The zero-order valence-corrected chi connectivity index (χ0v) is 7.73. The minimum absolute atomic E-state index is 0.585. The van der Waals surface area contributed by atoms with Crippen molar-refractivity contribution in [1.29, 1.82) is 0 Å². The van der Waals surface area contributed by atoms with Crippen molar-refractivity contribution >= 4 is 0 Å². The molecule has 14 heavy (non-hydrogen) atoms. The van der Waals surface area contributed by atoms with E-state index in [0.717, 1.165) is 11.3 Å². The molecule has 0 atom stereocenters. The van der Waals surface area contributed by atoms with Gasteiger partial charge in [0.2, 0.25) is 0 Å². The van der Waals surface area contributed by atoms with Crippen LogP contribution in [0, 0.1) is 12.1 Å². The first-order valence-electron chi connectivity index (χ1n) is 4.50. The summed E-state index contributed by atoms with van der Waals surface area (Å²) in [6, 6.07) is 21.3. The van der Waals surface area contributed by atoms with E-state index in [1.165, 1.54) is 0 Å². The van der Waals surface area contributed by atoms with Gasteiger partial charge in [-0.2, -0.15) is 0 Å². The van der Waals surface area contributed by atoms with Crippen molar-refractivity contribution in [3.8, 4) is 5.75 Å². The fourth-order valence-electron chi connectivity index (χ4n) is 1.16. The van der Waals surface area contributed by atoms with Gasteiger partial charge in [0.1, 0.15) is 12.4 Å². The average Bonchev–Trinajstić information content (AvgIpc) is 2.29. The molecule has 2 rings (SSSR count). The second-order valence-corrected chi connectivity index (χ2v) is 2.93. The van der Waals surface area contributed by atoms with Crippen molar-refractivity contribution in [1.82, 2.24) is 0 Å². The highest BCUT2D eigenvalue weighted by Crippen LogP contribution is 2.10. The molecule has 0 amide bonds. The van der Waals surface area contributed by atoms with Crippen LogP contribution in [0.2, 0.25) is 0 Å². The Balaban J connectivity index is 1.96. The summed E-state index contributed by atoms with van der Waals surface area (Å²) in [6.07, 6.45) is 0. The Bertz CT molecular complexity index is 327. The topological polar surface area (TPSA) is 9.23 Å². The van der Waals surface area contributed by atoms with Gasteiger partial charge in [0.25, 0.3) is 0 Å². The van der Waals surface area contributed by atoms with Crippen molar-refractivity contribution in [3.05, 3.63) is 66.2 Å². The maximum Gasteiger partial charge on any atom is 0.127 e. The van der Waals surface area contributed by atoms with Crippen LogP contribution in [0.4, 0.5) is 0 Å². The molecule has 2 radical (unpaired) electrons. The molecule has 2 aromatic carbocycles. The molecular formula is C13H10O. The highest BCUT2D eigenvalue weighted by atomic mass is 16.5. The summed E-state index contributed by atoms with van der Waals surface area (Å²) in [6.45, 7) is 0.585. The van der Waals surface area contributed by atoms with Gasteiger partial charge in [-0.15, -0.1) is 0 Å². The highest BCUT2D eigenvalue weighted by molar-refractivity contribution is 5.20. The lowest BCUT2D eigenvalue weighted by molar-refractivity contribution is 0.305. The van der Waals surface area contributed by atoms with Crippen LogP contribution in [0.3, 0.4) is 0 Å². The Hall–Kier alpha value is -1.76. The van der Waals surface area contributed by atoms with Crippen molar-refractivity contribution in [2.24, 2.45) is 0 Å². The second-order valence-electron chi connectivity index (χ2n) is 2.93. The maximum absolute atomic E-state index is 5.52. The molecule has 0 aliphatic rings. The number of rotatable bonds is 3. The number of hydrogen-bond acceptors (Lipinski definition) is 1. The summed E-state index contributed by atoms with van der Waals surface area (Å²) in [7, 11) is 0. The van der Waals surface area contributed by atoms with E-state index < -0.39 is 0 Å². The average molecular weight is 182 g/mol. The summed E-state index contributed by atoms with van der Waals surface area (Å²) in [5, 5.41) is 0. The minimum atomic E-state index is 0.585. The predicted molar refractivity (Wildman–Crippen MR) is 54.9 cm³/mol. The van der Waals surface area contributed by atoms with Gasteiger partial charge in [0.05, 0.1) is 0 Å². The van der Waals surface area contributed by atoms with E-state index in [2.05, 4.69) is 12.1 Å². The molecule has 0 N–H and O–H groups in total. The van der Waals surface area contributed by atoms with Crippen molar-refractivity contribution < 1.29 is 4.74 Å². The van der Waals surface area contributed by atoms with Crippen molar-refractivity contribution in [2.75, 3.05) is 0 Å². The summed E-state index contributed by atoms with van der Waals surface area (Å²) in [5.41, 5.74) is 1.16. The van der Waals surface area contributed by atoms with Crippen LogP contribution in [-0.2, 0) is 6.61 Å². The SMILES string of the molecule is [c]1c[c]c(OCc2ccccc2)cc1.